The van der Waals surface area contributed by atoms with Crippen LogP contribution in [0.2, 0.25) is 0 Å². The summed E-state index contributed by atoms with van der Waals surface area (Å²) in [6.45, 7) is 4.70. The van der Waals surface area contributed by atoms with Crippen LogP contribution in [-0.4, -0.2) is 17.8 Å². The lowest BCUT2D eigenvalue weighted by Gasteiger charge is -2.21. The molecular weight excluding hydrogens is 224 g/mol. The monoisotopic (exact) mass is 243 g/mol. The average Bonchev–Trinajstić information content (AvgIpc) is 2.28. The fraction of sp³-hybridized carbons (Fsp3) is 0.538. The Kier molecular flexibility index (Phi) is 5.51. The molecule has 0 aliphatic heterocycles. The average molecular weight is 243 g/mol. The van der Waals surface area contributed by atoms with Crippen LogP contribution in [-0.2, 0) is 6.54 Å². The van der Waals surface area contributed by atoms with Crippen molar-refractivity contribution in [3.63, 3.8) is 0 Å². The van der Waals surface area contributed by atoms with Gasteiger partial charge in [0.15, 0.2) is 11.6 Å². The summed E-state index contributed by atoms with van der Waals surface area (Å²) in [7, 11) is 0. The molecule has 1 aromatic carbocycles. The maximum absolute atomic E-state index is 13.0. The molecule has 0 bridgehead atoms. The zero-order chi connectivity index (χ0) is 12.8. The van der Waals surface area contributed by atoms with Crippen LogP contribution >= 0.6 is 0 Å². The van der Waals surface area contributed by atoms with Crippen LogP contribution in [0.1, 0.15) is 25.8 Å². The van der Waals surface area contributed by atoms with Crippen LogP contribution in [0.4, 0.5) is 8.78 Å². The molecule has 0 saturated carbocycles. The molecular formula is C13H19F2NO. The molecule has 0 amide bonds. The Labute approximate surface area is 101 Å². The normalized spacial score (nSPS) is 13.1. The van der Waals surface area contributed by atoms with Gasteiger partial charge in [-0.15, -0.1) is 0 Å². The maximum Gasteiger partial charge on any atom is 0.159 e. The molecule has 2 nitrogen and oxygen atoms in total. The smallest absolute Gasteiger partial charge is 0.159 e. The summed E-state index contributed by atoms with van der Waals surface area (Å²) in [5.41, 5.74) is 0.701. The molecule has 96 valence electrons. The van der Waals surface area contributed by atoms with Crippen molar-refractivity contribution in [2.75, 3.05) is 6.61 Å². The second kappa shape index (κ2) is 6.67. The Bertz CT molecular complexity index is 355. The second-order valence-corrected chi connectivity index (χ2v) is 4.49. The van der Waals surface area contributed by atoms with Crippen LogP contribution in [0.15, 0.2) is 18.2 Å². The molecule has 0 aliphatic rings. The van der Waals surface area contributed by atoms with Crippen LogP contribution in [0, 0.1) is 17.6 Å². The van der Waals surface area contributed by atoms with Gasteiger partial charge >= 0.3 is 0 Å². The van der Waals surface area contributed by atoms with Gasteiger partial charge in [-0.1, -0.05) is 19.9 Å². The largest absolute Gasteiger partial charge is 0.396 e. The number of hydrogen-bond donors (Lipinski definition) is 2. The SMILES string of the molecule is CC(C)C(CCO)NCc1ccc(F)c(F)c1. The Balaban J connectivity index is 2.56. The highest BCUT2D eigenvalue weighted by Crippen LogP contribution is 2.11. The third kappa shape index (κ3) is 4.40. The summed E-state index contributed by atoms with van der Waals surface area (Å²) in [5.74, 6) is -1.27. The van der Waals surface area contributed by atoms with E-state index in [1.165, 1.54) is 6.07 Å². The lowest BCUT2D eigenvalue weighted by Crippen LogP contribution is -2.34. The van der Waals surface area contributed by atoms with Gasteiger partial charge in [0.25, 0.3) is 0 Å². The number of aliphatic hydroxyl groups excluding tert-OH is 1. The van der Waals surface area contributed by atoms with Gasteiger partial charge in [0.2, 0.25) is 0 Å². The predicted molar refractivity (Wildman–Crippen MR) is 63.5 cm³/mol. The van der Waals surface area contributed by atoms with Crippen molar-refractivity contribution in [2.24, 2.45) is 5.92 Å². The van der Waals surface area contributed by atoms with Crippen LogP contribution in [0.3, 0.4) is 0 Å². The molecule has 0 heterocycles. The fourth-order valence-corrected chi connectivity index (χ4v) is 1.71. The third-order valence-corrected chi connectivity index (χ3v) is 2.80. The summed E-state index contributed by atoms with van der Waals surface area (Å²) in [6, 6.07) is 4.05. The first-order valence-corrected chi connectivity index (χ1v) is 5.82. The molecule has 0 aromatic heterocycles. The van der Waals surface area contributed by atoms with Crippen molar-refractivity contribution in [1.29, 1.82) is 0 Å². The summed E-state index contributed by atoms with van der Waals surface area (Å²) in [6.07, 6.45) is 0.654. The van der Waals surface area contributed by atoms with Crippen LogP contribution in [0.25, 0.3) is 0 Å². The molecule has 1 rings (SSSR count). The first-order valence-electron chi connectivity index (χ1n) is 5.82. The van der Waals surface area contributed by atoms with E-state index in [1.54, 1.807) is 6.07 Å². The lowest BCUT2D eigenvalue weighted by atomic mass is 10.0. The Morgan fingerprint density at radius 3 is 2.47 bits per heavy atom. The Morgan fingerprint density at radius 2 is 1.94 bits per heavy atom. The van der Waals surface area contributed by atoms with E-state index in [2.05, 4.69) is 19.2 Å². The summed E-state index contributed by atoms with van der Waals surface area (Å²) < 4.78 is 25.7. The molecule has 0 spiro atoms. The molecule has 1 aromatic rings. The number of benzene rings is 1. The van der Waals surface area contributed by atoms with E-state index in [4.69, 9.17) is 5.11 Å². The van der Waals surface area contributed by atoms with Crippen molar-refractivity contribution in [2.45, 2.75) is 32.9 Å². The minimum absolute atomic E-state index is 0.119. The predicted octanol–water partition coefficient (Wildman–Crippen LogP) is 2.46. The minimum Gasteiger partial charge on any atom is -0.396 e. The van der Waals surface area contributed by atoms with E-state index in [9.17, 15) is 8.78 Å². The van der Waals surface area contributed by atoms with Gasteiger partial charge in [-0.3, -0.25) is 0 Å². The highest BCUT2D eigenvalue weighted by Gasteiger charge is 2.12. The fourth-order valence-electron chi connectivity index (χ4n) is 1.71. The van der Waals surface area contributed by atoms with Crippen molar-refractivity contribution in [1.82, 2.24) is 5.32 Å². The molecule has 1 unspecified atom stereocenters. The highest BCUT2D eigenvalue weighted by atomic mass is 19.2. The second-order valence-electron chi connectivity index (χ2n) is 4.49. The number of halogens is 2. The summed E-state index contributed by atoms with van der Waals surface area (Å²) in [5, 5.41) is 12.1. The van der Waals surface area contributed by atoms with Gasteiger partial charge in [0, 0.05) is 19.2 Å². The molecule has 17 heavy (non-hydrogen) atoms. The number of hydrogen-bond acceptors (Lipinski definition) is 2. The van der Waals surface area contributed by atoms with E-state index < -0.39 is 11.6 Å². The van der Waals surface area contributed by atoms with Crippen LogP contribution < -0.4 is 5.32 Å². The molecule has 0 aliphatic carbocycles. The topological polar surface area (TPSA) is 32.3 Å². The van der Waals surface area contributed by atoms with Crippen molar-refractivity contribution < 1.29 is 13.9 Å². The van der Waals surface area contributed by atoms with Crippen molar-refractivity contribution >= 4 is 0 Å². The first-order chi connectivity index (χ1) is 8.04. The van der Waals surface area contributed by atoms with Gasteiger partial charge in [0.1, 0.15) is 0 Å². The molecule has 0 radical (unpaired) electrons. The lowest BCUT2D eigenvalue weighted by molar-refractivity contribution is 0.244. The third-order valence-electron chi connectivity index (χ3n) is 2.80. The molecule has 4 heteroatoms. The maximum atomic E-state index is 13.0. The number of rotatable bonds is 6. The van der Waals surface area contributed by atoms with Crippen molar-refractivity contribution in [3.8, 4) is 0 Å². The van der Waals surface area contributed by atoms with Gasteiger partial charge in [-0.25, -0.2) is 8.78 Å². The van der Waals surface area contributed by atoms with Gasteiger partial charge in [0.05, 0.1) is 0 Å². The number of nitrogens with one attached hydrogen (secondary N) is 1. The van der Waals surface area contributed by atoms with E-state index in [1.807, 2.05) is 0 Å². The standard InChI is InChI=1S/C13H19F2NO/c1-9(2)13(5-6-17)16-8-10-3-4-11(14)12(15)7-10/h3-4,7,9,13,16-17H,5-6,8H2,1-2H3. The van der Waals surface area contributed by atoms with Gasteiger partial charge in [-0.05, 0) is 30.0 Å². The molecule has 0 saturated heterocycles. The van der Waals surface area contributed by atoms with E-state index in [0.717, 1.165) is 6.07 Å². The van der Waals surface area contributed by atoms with Gasteiger partial charge in [-0.2, -0.15) is 0 Å². The summed E-state index contributed by atoms with van der Waals surface area (Å²) >= 11 is 0. The minimum atomic E-state index is -0.829. The molecule has 0 fully saturated rings. The van der Waals surface area contributed by atoms with E-state index in [-0.39, 0.29) is 12.6 Å². The number of aliphatic hydroxyl groups is 1. The van der Waals surface area contributed by atoms with E-state index >= 15 is 0 Å². The zero-order valence-corrected chi connectivity index (χ0v) is 10.2. The first kappa shape index (κ1) is 14.1. The van der Waals surface area contributed by atoms with Gasteiger partial charge < -0.3 is 10.4 Å². The highest BCUT2D eigenvalue weighted by molar-refractivity contribution is 5.17. The van der Waals surface area contributed by atoms with Crippen LogP contribution in [0.5, 0.6) is 0 Å². The molecule has 1 atom stereocenters. The van der Waals surface area contributed by atoms with E-state index in [0.29, 0.717) is 24.4 Å². The Morgan fingerprint density at radius 1 is 1.24 bits per heavy atom. The summed E-state index contributed by atoms with van der Waals surface area (Å²) in [4.78, 5) is 0. The quantitative estimate of drug-likeness (QED) is 0.804. The Hall–Kier alpha value is -1.00. The molecule has 2 N–H and O–H groups in total. The van der Waals surface area contributed by atoms with Crippen molar-refractivity contribution in [3.05, 3.63) is 35.4 Å². The zero-order valence-electron chi connectivity index (χ0n) is 10.2.